The van der Waals surface area contributed by atoms with E-state index in [1.807, 2.05) is 19.9 Å². The maximum absolute atomic E-state index is 12.1. The quantitative estimate of drug-likeness (QED) is 0.664. The van der Waals surface area contributed by atoms with Gasteiger partial charge in [0, 0.05) is 16.5 Å². The highest BCUT2D eigenvalue weighted by Crippen LogP contribution is 2.34. The molecule has 0 unspecified atom stereocenters. The molecular weight excluding hydrogens is 228 g/mol. The number of carbonyl (C=O) groups excluding carboxylic acids is 2. The molecule has 3 rings (SSSR count). The first kappa shape index (κ1) is 11.0. The third-order valence-electron chi connectivity index (χ3n) is 3.44. The van der Waals surface area contributed by atoms with Crippen molar-refractivity contribution in [2.24, 2.45) is 0 Å². The van der Waals surface area contributed by atoms with Crippen LogP contribution in [-0.2, 0) is 4.79 Å². The molecule has 1 aliphatic carbocycles. The van der Waals surface area contributed by atoms with Gasteiger partial charge in [-0.05, 0) is 49.6 Å². The number of hydrogen-bond acceptors (Lipinski definition) is 3. The van der Waals surface area contributed by atoms with Crippen LogP contribution in [0.1, 0.15) is 34.0 Å². The molecule has 0 aliphatic heterocycles. The van der Waals surface area contributed by atoms with E-state index in [0.29, 0.717) is 11.1 Å². The molecule has 0 saturated carbocycles. The van der Waals surface area contributed by atoms with Gasteiger partial charge in [-0.15, -0.1) is 0 Å². The van der Waals surface area contributed by atoms with E-state index in [2.05, 4.69) is 0 Å². The molecule has 2 aromatic rings. The molecule has 18 heavy (non-hydrogen) atoms. The van der Waals surface area contributed by atoms with E-state index in [1.54, 1.807) is 19.3 Å². The summed E-state index contributed by atoms with van der Waals surface area (Å²) in [4.78, 5) is 23.9. The number of allylic oxidation sites excluding steroid dienone is 1. The number of furan rings is 1. The summed E-state index contributed by atoms with van der Waals surface area (Å²) in [7, 11) is 0. The van der Waals surface area contributed by atoms with E-state index in [-0.39, 0.29) is 0 Å². The number of fused-ring (bicyclic) bond motifs is 3. The van der Waals surface area contributed by atoms with E-state index < -0.39 is 11.6 Å². The lowest BCUT2D eigenvalue weighted by Gasteiger charge is -2.15. The lowest BCUT2D eigenvalue weighted by atomic mass is 9.85. The first-order valence-corrected chi connectivity index (χ1v) is 5.79. The van der Waals surface area contributed by atoms with Crippen molar-refractivity contribution in [3.05, 3.63) is 40.2 Å². The van der Waals surface area contributed by atoms with Crippen LogP contribution in [0.4, 0.5) is 0 Å². The van der Waals surface area contributed by atoms with E-state index in [0.717, 1.165) is 27.7 Å². The number of carbonyl (C=O) groups is 2. The molecule has 1 heterocycles. The van der Waals surface area contributed by atoms with Crippen molar-refractivity contribution >= 4 is 28.6 Å². The molecule has 0 saturated heterocycles. The zero-order valence-electron chi connectivity index (χ0n) is 10.5. The fourth-order valence-corrected chi connectivity index (χ4v) is 2.54. The Bertz CT molecular complexity index is 745. The molecule has 0 atom stereocenters. The summed E-state index contributed by atoms with van der Waals surface area (Å²) < 4.78 is 5.47. The summed E-state index contributed by atoms with van der Waals surface area (Å²) in [6, 6.07) is 1.82. The normalized spacial score (nSPS) is 14.9. The number of aryl methyl sites for hydroxylation is 2. The number of hydrogen-bond donors (Lipinski definition) is 0. The molecule has 3 heteroatoms. The van der Waals surface area contributed by atoms with Gasteiger partial charge in [-0.2, -0.15) is 0 Å². The Balaban J connectivity index is 2.53. The highest BCUT2D eigenvalue weighted by atomic mass is 16.3. The van der Waals surface area contributed by atoms with Crippen molar-refractivity contribution in [2.75, 3.05) is 0 Å². The number of Topliss-reactive ketones (excluding diaryl/α,β-unsaturated/α-hetero) is 2. The number of rotatable bonds is 0. The van der Waals surface area contributed by atoms with Crippen LogP contribution in [0.2, 0.25) is 0 Å². The van der Waals surface area contributed by atoms with Gasteiger partial charge >= 0.3 is 0 Å². The molecule has 0 bridgehead atoms. The van der Waals surface area contributed by atoms with Crippen molar-refractivity contribution in [3.8, 4) is 0 Å². The second-order valence-corrected chi connectivity index (χ2v) is 4.76. The number of ketones is 2. The Kier molecular flexibility index (Phi) is 2.08. The standard InChI is InChI=1S/C15H12O3/c1-7-5-11-12(9(3)6-18-11)10-4-8(2)14(16)15(17)13(7)10/h4-6H,1-3H3. The minimum absolute atomic E-state index is 0.411. The molecule has 3 nitrogen and oxygen atoms in total. The van der Waals surface area contributed by atoms with Crippen LogP contribution in [0.15, 0.2) is 22.3 Å². The Morgan fingerprint density at radius 3 is 2.44 bits per heavy atom. The average Bonchev–Trinajstić information content (AvgIpc) is 2.67. The van der Waals surface area contributed by atoms with Gasteiger partial charge in [0.1, 0.15) is 5.58 Å². The maximum Gasteiger partial charge on any atom is 0.234 e. The third kappa shape index (κ3) is 1.24. The minimum atomic E-state index is -0.412. The zero-order valence-corrected chi connectivity index (χ0v) is 10.5. The van der Waals surface area contributed by atoms with Crippen LogP contribution in [0.5, 0.6) is 0 Å². The SMILES string of the molecule is CC1=Cc2c(c(C)cc3occ(C)c23)C(=O)C1=O. The lowest BCUT2D eigenvalue weighted by molar-refractivity contribution is -0.111. The van der Waals surface area contributed by atoms with Gasteiger partial charge in [-0.3, -0.25) is 9.59 Å². The highest BCUT2D eigenvalue weighted by Gasteiger charge is 2.29. The van der Waals surface area contributed by atoms with Gasteiger partial charge in [0.05, 0.1) is 6.26 Å². The summed E-state index contributed by atoms with van der Waals surface area (Å²) in [6.45, 7) is 5.44. The van der Waals surface area contributed by atoms with Crippen LogP contribution in [0.3, 0.4) is 0 Å². The highest BCUT2D eigenvalue weighted by molar-refractivity contribution is 6.52. The summed E-state index contributed by atoms with van der Waals surface area (Å²) in [6.07, 6.45) is 3.46. The molecule has 90 valence electrons. The molecule has 0 fully saturated rings. The zero-order chi connectivity index (χ0) is 13.0. The molecule has 1 aliphatic rings. The second-order valence-electron chi connectivity index (χ2n) is 4.76. The predicted octanol–water partition coefficient (Wildman–Crippen LogP) is 3.22. The van der Waals surface area contributed by atoms with Crippen LogP contribution in [-0.4, -0.2) is 11.6 Å². The lowest BCUT2D eigenvalue weighted by Crippen LogP contribution is -2.21. The first-order valence-electron chi connectivity index (χ1n) is 5.79. The predicted molar refractivity (Wildman–Crippen MR) is 68.7 cm³/mol. The van der Waals surface area contributed by atoms with Gasteiger partial charge in [0.15, 0.2) is 0 Å². The smallest absolute Gasteiger partial charge is 0.234 e. The fraction of sp³-hybridized carbons (Fsp3) is 0.200. The largest absolute Gasteiger partial charge is 0.464 e. The van der Waals surface area contributed by atoms with E-state index in [9.17, 15) is 9.59 Å². The summed E-state index contributed by atoms with van der Waals surface area (Å²) in [5, 5.41) is 0.927. The van der Waals surface area contributed by atoms with Gasteiger partial charge in [-0.1, -0.05) is 0 Å². The van der Waals surface area contributed by atoms with Gasteiger partial charge in [-0.25, -0.2) is 0 Å². The Hall–Kier alpha value is -2.16. The van der Waals surface area contributed by atoms with Crippen molar-refractivity contribution in [1.29, 1.82) is 0 Å². The topological polar surface area (TPSA) is 47.3 Å². The van der Waals surface area contributed by atoms with Gasteiger partial charge < -0.3 is 4.42 Å². The number of benzene rings is 1. The third-order valence-corrected chi connectivity index (χ3v) is 3.44. The summed E-state index contributed by atoms with van der Waals surface area (Å²) in [5.74, 6) is -0.823. The van der Waals surface area contributed by atoms with Crippen LogP contribution in [0, 0.1) is 13.8 Å². The molecule has 1 aromatic heterocycles. The molecule has 0 spiro atoms. The molecule has 0 radical (unpaired) electrons. The van der Waals surface area contributed by atoms with E-state index >= 15 is 0 Å². The van der Waals surface area contributed by atoms with Crippen LogP contribution < -0.4 is 0 Å². The van der Waals surface area contributed by atoms with Crippen molar-refractivity contribution in [3.63, 3.8) is 0 Å². The average molecular weight is 240 g/mol. The fourth-order valence-electron chi connectivity index (χ4n) is 2.54. The molecule has 0 amide bonds. The van der Waals surface area contributed by atoms with Crippen molar-refractivity contribution in [2.45, 2.75) is 20.8 Å². The monoisotopic (exact) mass is 240 g/mol. The molecule has 0 N–H and O–H groups in total. The van der Waals surface area contributed by atoms with Crippen molar-refractivity contribution in [1.82, 2.24) is 0 Å². The molecule has 1 aromatic carbocycles. The van der Waals surface area contributed by atoms with Gasteiger partial charge in [0.2, 0.25) is 11.6 Å². The molecular formula is C15H12O3. The van der Waals surface area contributed by atoms with Crippen molar-refractivity contribution < 1.29 is 14.0 Å². The Labute approximate surface area is 104 Å². The summed E-state index contributed by atoms with van der Waals surface area (Å²) >= 11 is 0. The Morgan fingerprint density at radius 2 is 1.72 bits per heavy atom. The first-order chi connectivity index (χ1) is 8.50. The van der Waals surface area contributed by atoms with Gasteiger partial charge in [0.25, 0.3) is 0 Å². The maximum atomic E-state index is 12.1. The second kappa shape index (κ2) is 3.42. The minimum Gasteiger partial charge on any atom is -0.464 e. The van der Waals surface area contributed by atoms with Crippen LogP contribution >= 0.6 is 0 Å². The van der Waals surface area contributed by atoms with E-state index in [1.165, 1.54) is 0 Å². The van der Waals surface area contributed by atoms with Crippen LogP contribution in [0.25, 0.3) is 17.0 Å². The van der Waals surface area contributed by atoms with E-state index in [4.69, 9.17) is 4.42 Å². The Morgan fingerprint density at radius 1 is 1.00 bits per heavy atom. The summed E-state index contributed by atoms with van der Waals surface area (Å²) in [5.41, 5.74) is 4.34.